The van der Waals surface area contributed by atoms with Gasteiger partial charge in [-0.1, -0.05) is 19.8 Å². The van der Waals surface area contributed by atoms with Gasteiger partial charge in [0.1, 0.15) is 10.6 Å². The van der Waals surface area contributed by atoms with Crippen LogP contribution in [-0.2, 0) is 16.9 Å². The van der Waals surface area contributed by atoms with Crippen LogP contribution in [0.4, 0.5) is 0 Å². The van der Waals surface area contributed by atoms with Crippen LogP contribution in [0, 0.1) is 0 Å². The number of hydrogen-bond acceptors (Lipinski definition) is 4. The van der Waals surface area contributed by atoms with E-state index in [0.29, 0.717) is 0 Å². The molecule has 1 aromatic heterocycles. The van der Waals surface area contributed by atoms with Crippen molar-refractivity contribution in [2.24, 2.45) is 0 Å². The maximum absolute atomic E-state index is 6.20. The third kappa shape index (κ3) is 3.33. The molecule has 0 aliphatic heterocycles. The average molecular weight is 308 g/mol. The van der Waals surface area contributed by atoms with Crippen LogP contribution in [0.25, 0.3) is 0 Å². The van der Waals surface area contributed by atoms with Crippen molar-refractivity contribution >= 4 is 11.3 Å². The van der Waals surface area contributed by atoms with Crippen LogP contribution in [0.5, 0.6) is 0 Å². The summed E-state index contributed by atoms with van der Waals surface area (Å²) < 4.78 is 6.20. The van der Waals surface area contributed by atoms with Crippen LogP contribution in [0.15, 0.2) is 0 Å². The van der Waals surface area contributed by atoms with Crippen molar-refractivity contribution in [2.45, 2.75) is 76.9 Å². The molecule has 118 valence electrons. The van der Waals surface area contributed by atoms with E-state index in [-0.39, 0.29) is 5.60 Å². The third-order valence-corrected chi connectivity index (χ3v) is 5.88. The van der Waals surface area contributed by atoms with Crippen LogP contribution in [0.2, 0.25) is 0 Å². The van der Waals surface area contributed by atoms with Crippen LogP contribution in [-0.4, -0.2) is 18.1 Å². The first-order valence-corrected chi connectivity index (χ1v) is 9.45. The zero-order valence-corrected chi connectivity index (χ0v) is 14.2. The van der Waals surface area contributed by atoms with Crippen molar-refractivity contribution in [3.63, 3.8) is 0 Å². The maximum atomic E-state index is 6.20. The summed E-state index contributed by atoms with van der Waals surface area (Å²) in [5, 5.41) is 4.81. The van der Waals surface area contributed by atoms with E-state index in [1.807, 2.05) is 11.3 Å². The van der Waals surface area contributed by atoms with Crippen LogP contribution in [0.3, 0.4) is 0 Å². The Kier molecular flexibility index (Phi) is 4.97. The Morgan fingerprint density at radius 3 is 2.67 bits per heavy atom. The Morgan fingerprint density at radius 1 is 1.29 bits per heavy atom. The lowest BCUT2D eigenvalue weighted by atomic mass is 10.0. The van der Waals surface area contributed by atoms with Gasteiger partial charge in [0, 0.05) is 23.9 Å². The molecule has 4 heteroatoms. The largest absolute Gasteiger partial charge is 0.368 e. The van der Waals surface area contributed by atoms with Gasteiger partial charge in [-0.25, -0.2) is 4.98 Å². The topological polar surface area (TPSA) is 34.1 Å². The van der Waals surface area contributed by atoms with Crippen molar-refractivity contribution in [2.75, 3.05) is 13.2 Å². The van der Waals surface area contributed by atoms with Gasteiger partial charge in [-0.3, -0.25) is 0 Å². The highest BCUT2D eigenvalue weighted by Crippen LogP contribution is 2.48. The number of aromatic nitrogens is 1. The highest BCUT2D eigenvalue weighted by Gasteiger charge is 2.41. The second kappa shape index (κ2) is 6.76. The quantitative estimate of drug-likeness (QED) is 0.726. The minimum atomic E-state index is -0.0634. The van der Waals surface area contributed by atoms with Crippen LogP contribution in [0.1, 0.15) is 80.3 Å². The van der Waals surface area contributed by atoms with E-state index in [1.54, 1.807) is 0 Å². The van der Waals surface area contributed by atoms with E-state index in [2.05, 4.69) is 19.2 Å². The molecule has 3 nitrogen and oxygen atoms in total. The first kappa shape index (κ1) is 15.4. The molecule has 1 N–H and O–H groups in total. The highest BCUT2D eigenvalue weighted by molar-refractivity contribution is 7.11. The molecule has 1 heterocycles. The van der Waals surface area contributed by atoms with E-state index in [9.17, 15) is 0 Å². The fourth-order valence-electron chi connectivity index (χ4n) is 3.38. The summed E-state index contributed by atoms with van der Waals surface area (Å²) in [5.74, 6) is 0.730. The molecule has 0 amide bonds. The van der Waals surface area contributed by atoms with Crippen molar-refractivity contribution in [1.82, 2.24) is 10.3 Å². The van der Waals surface area contributed by atoms with Crippen molar-refractivity contribution < 1.29 is 4.74 Å². The van der Waals surface area contributed by atoms with E-state index < -0.39 is 0 Å². The van der Waals surface area contributed by atoms with Gasteiger partial charge < -0.3 is 10.1 Å². The molecule has 0 bridgehead atoms. The Balaban J connectivity index is 1.82. The lowest BCUT2D eigenvalue weighted by Crippen LogP contribution is -2.26. The number of ether oxygens (including phenoxy) is 1. The molecule has 0 saturated heterocycles. The van der Waals surface area contributed by atoms with Crippen molar-refractivity contribution in [3.8, 4) is 0 Å². The Hall–Kier alpha value is -0.450. The lowest BCUT2D eigenvalue weighted by Gasteiger charge is -2.26. The molecule has 2 fully saturated rings. The average Bonchev–Trinajstić information content (AvgIpc) is 3.06. The van der Waals surface area contributed by atoms with Gasteiger partial charge in [-0.2, -0.15) is 0 Å². The van der Waals surface area contributed by atoms with E-state index in [4.69, 9.17) is 9.72 Å². The second-order valence-corrected chi connectivity index (χ2v) is 7.50. The molecule has 0 radical (unpaired) electrons. The van der Waals surface area contributed by atoms with E-state index in [0.717, 1.165) is 38.5 Å². The predicted octanol–water partition coefficient (Wildman–Crippen LogP) is 4.33. The van der Waals surface area contributed by atoms with Crippen LogP contribution < -0.4 is 5.32 Å². The molecule has 2 aliphatic carbocycles. The minimum Gasteiger partial charge on any atom is -0.368 e. The molecular weight excluding hydrogens is 280 g/mol. The fraction of sp³-hybridized carbons (Fsp3) is 0.824. The molecular formula is C17H28N2OS. The van der Waals surface area contributed by atoms with Crippen molar-refractivity contribution in [3.05, 3.63) is 15.6 Å². The standard InChI is InChI=1S/C17H28N2OS/c1-3-11-18-12-14-15(13-7-8-13)19-16(21-14)17(20-4-2)9-5-6-10-17/h13,18H,3-12H2,1-2H3. The Labute approximate surface area is 132 Å². The highest BCUT2D eigenvalue weighted by atomic mass is 32.1. The first-order valence-electron chi connectivity index (χ1n) is 8.64. The van der Waals surface area contributed by atoms with Gasteiger partial charge in [-0.05, 0) is 45.6 Å². The summed E-state index contributed by atoms with van der Waals surface area (Å²) in [6.45, 7) is 7.20. The molecule has 0 unspecified atom stereocenters. The maximum Gasteiger partial charge on any atom is 0.125 e. The molecule has 21 heavy (non-hydrogen) atoms. The Bertz CT molecular complexity index is 461. The first-order chi connectivity index (χ1) is 10.3. The molecule has 2 saturated carbocycles. The van der Waals surface area contributed by atoms with Gasteiger partial charge in [0.15, 0.2) is 0 Å². The zero-order chi connectivity index (χ0) is 14.7. The zero-order valence-electron chi connectivity index (χ0n) is 13.4. The monoisotopic (exact) mass is 308 g/mol. The summed E-state index contributed by atoms with van der Waals surface area (Å²) in [6, 6.07) is 0. The number of nitrogens with one attached hydrogen (secondary N) is 1. The number of thiazole rings is 1. The number of rotatable bonds is 8. The summed E-state index contributed by atoms with van der Waals surface area (Å²) in [4.78, 5) is 6.54. The summed E-state index contributed by atoms with van der Waals surface area (Å²) in [6.07, 6.45) is 8.70. The summed E-state index contributed by atoms with van der Waals surface area (Å²) >= 11 is 1.92. The Morgan fingerprint density at radius 2 is 2.05 bits per heavy atom. The van der Waals surface area contributed by atoms with Gasteiger partial charge in [0.2, 0.25) is 0 Å². The SMILES string of the molecule is CCCNCc1sc(C2(OCC)CCCC2)nc1C1CC1. The molecule has 0 atom stereocenters. The molecule has 2 aliphatic rings. The molecule has 0 aromatic carbocycles. The minimum absolute atomic E-state index is 0.0634. The van der Waals surface area contributed by atoms with Gasteiger partial charge in [-0.15, -0.1) is 11.3 Å². The summed E-state index contributed by atoms with van der Waals surface area (Å²) in [5.41, 5.74) is 1.32. The molecule has 0 spiro atoms. The second-order valence-electron chi connectivity index (χ2n) is 6.41. The van der Waals surface area contributed by atoms with E-state index in [1.165, 1.54) is 47.7 Å². The normalized spacial score (nSPS) is 21.0. The number of hydrogen-bond donors (Lipinski definition) is 1. The van der Waals surface area contributed by atoms with E-state index >= 15 is 0 Å². The van der Waals surface area contributed by atoms with Gasteiger partial charge in [0.25, 0.3) is 0 Å². The third-order valence-electron chi connectivity index (χ3n) is 4.63. The van der Waals surface area contributed by atoms with Gasteiger partial charge >= 0.3 is 0 Å². The summed E-state index contributed by atoms with van der Waals surface area (Å²) in [7, 11) is 0. The lowest BCUT2D eigenvalue weighted by molar-refractivity contribution is -0.0392. The van der Waals surface area contributed by atoms with Crippen LogP contribution >= 0.6 is 11.3 Å². The fourth-order valence-corrected chi connectivity index (χ4v) is 4.70. The van der Waals surface area contributed by atoms with Crippen molar-refractivity contribution in [1.29, 1.82) is 0 Å². The number of nitrogens with zero attached hydrogens (tertiary/aromatic N) is 1. The molecule has 1 aromatic rings. The van der Waals surface area contributed by atoms with Gasteiger partial charge in [0.05, 0.1) is 5.69 Å². The predicted molar refractivity (Wildman–Crippen MR) is 87.9 cm³/mol. The molecule has 3 rings (SSSR count). The smallest absolute Gasteiger partial charge is 0.125 e.